The van der Waals surface area contributed by atoms with Gasteiger partial charge >= 0.3 is 5.97 Å². The maximum absolute atomic E-state index is 12.2. The molecule has 0 fully saturated rings. The maximum Gasteiger partial charge on any atom is 0.320 e. The van der Waals surface area contributed by atoms with E-state index in [2.05, 4.69) is 10.6 Å². The Hall–Kier alpha value is -1.88. The first kappa shape index (κ1) is 19.2. The van der Waals surface area contributed by atoms with Crippen LogP contribution in [0.4, 0.5) is 5.69 Å². The summed E-state index contributed by atoms with van der Waals surface area (Å²) < 4.78 is 0. The van der Waals surface area contributed by atoms with E-state index in [0.29, 0.717) is 6.42 Å². The molecule has 1 rings (SSSR count). The van der Waals surface area contributed by atoms with E-state index in [9.17, 15) is 14.7 Å². The maximum atomic E-state index is 12.2. The Kier molecular flexibility index (Phi) is 7.75. The molecule has 5 heteroatoms. The number of nitrogens with one attached hydrogen (secondary N) is 2. The molecule has 0 aliphatic heterocycles. The van der Waals surface area contributed by atoms with Crippen LogP contribution in [0.25, 0.3) is 0 Å². The zero-order valence-corrected chi connectivity index (χ0v) is 14.5. The number of aryl methyl sites for hydroxylation is 1. The fraction of sp³-hybridized carbons (Fsp3) is 0.556. The number of hydrogen-bond acceptors (Lipinski definition) is 3. The molecule has 0 saturated heterocycles. The summed E-state index contributed by atoms with van der Waals surface area (Å²) in [4.78, 5) is 23.4. The lowest BCUT2D eigenvalue weighted by Crippen LogP contribution is -2.43. The van der Waals surface area contributed by atoms with E-state index in [1.165, 1.54) is 0 Å². The Morgan fingerprint density at radius 1 is 1.26 bits per heavy atom. The fourth-order valence-corrected chi connectivity index (χ4v) is 2.45. The van der Waals surface area contributed by atoms with E-state index in [4.69, 9.17) is 0 Å². The fourth-order valence-electron chi connectivity index (χ4n) is 2.45. The molecule has 0 spiro atoms. The smallest absolute Gasteiger partial charge is 0.320 e. The van der Waals surface area contributed by atoms with Gasteiger partial charge in [0.2, 0.25) is 5.91 Å². The van der Waals surface area contributed by atoms with Crippen molar-refractivity contribution in [3.63, 3.8) is 0 Å². The van der Waals surface area contributed by atoms with E-state index >= 15 is 0 Å². The summed E-state index contributed by atoms with van der Waals surface area (Å²) in [6.45, 7) is 7.84. The number of carbonyl (C=O) groups is 2. The van der Waals surface area contributed by atoms with Crippen molar-refractivity contribution in [2.75, 3.05) is 5.32 Å². The van der Waals surface area contributed by atoms with Crippen LogP contribution in [0.15, 0.2) is 18.2 Å². The summed E-state index contributed by atoms with van der Waals surface area (Å²) in [6, 6.07) is 4.99. The number of anilines is 1. The van der Waals surface area contributed by atoms with Crippen LogP contribution >= 0.6 is 0 Å². The van der Waals surface area contributed by atoms with Crippen molar-refractivity contribution in [3.05, 3.63) is 29.3 Å². The Labute approximate surface area is 138 Å². The molecule has 0 aliphatic carbocycles. The number of carboxylic acid groups (broad SMARTS) is 1. The molecule has 1 aromatic carbocycles. The molecule has 1 amide bonds. The molecule has 1 aromatic rings. The molecule has 23 heavy (non-hydrogen) atoms. The average Bonchev–Trinajstić information content (AvgIpc) is 2.47. The lowest BCUT2D eigenvalue weighted by Gasteiger charge is -2.20. The van der Waals surface area contributed by atoms with Crippen LogP contribution in [0.1, 0.15) is 50.7 Å². The predicted octanol–water partition coefficient (Wildman–Crippen LogP) is 3.25. The second-order valence-corrected chi connectivity index (χ2v) is 6.10. The molecular weight excluding hydrogens is 292 g/mol. The van der Waals surface area contributed by atoms with Crippen LogP contribution < -0.4 is 10.6 Å². The van der Waals surface area contributed by atoms with Crippen molar-refractivity contribution >= 4 is 17.6 Å². The van der Waals surface area contributed by atoms with Gasteiger partial charge in [0.15, 0.2) is 0 Å². The monoisotopic (exact) mass is 320 g/mol. The number of unbranched alkanes of at least 4 members (excludes halogenated alkanes) is 1. The zero-order valence-electron chi connectivity index (χ0n) is 14.5. The summed E-state index contributed by atoms with van der Waals surface area (Å²) in [7, 11) is 0. The van der Waals surface area contributed by atoms with E-state index in [1.807, 2.05) is 45.9 Å². The van der Waals surface area contributed by atoms with Gasteiger partial charge in [-0.1, -0.05) is 31.9 Å². The van der Waals surface area contributed by atoms with Gasteiger partial charge in [0, 0.05) is 18.2 Å². The van der Waals surface area contributed by atoms with Crippen molar-refractivity contribution in [1.82, 2.24) is 5.32 Å². The van der Waals surface area contributed by atoms with E-state index < -0.39 is 12.0 Å². The Morgan fingerprint density at radius 3 is 2.57 bits per heavy atom. The highest BCUT2D eigenvalue weighted by Crippen LogP contribution is 2.18. The van der Waals surface area contributed by atoms with Crippen molar-refractivity contribution < 1.29 is 14.7 Å². The Morgan fingerprint density at radius 2 is 1.96 bits per heavy atom. The second kappa shape index (κ2) is 9.30. The minimum atomic E-state index is -0.861. The second-order valence-electron chi connectivity index (χ2n) is 6.10. The van der Waals surface area contributed by atoms with Crippen LogP contribution in [0, 0.1) is 13.8 Å². The van der Waals surface area contributed by atoms with E-state index in [1.54, 1.807) is 0 Å². The van der Waals surface area contributed by atoms with Crippen LogP contribution in [0.5, 0.6) is 0 Å². The van der Waals surface area contributed by atoms with Gasteiger partial charge in [-0.2, -0.15) is 0 Å². The van der Waals surface area contributed by atoms with Crippen molar-refractivity contribution in [3.8, 4) is 0 Å². The van der Waals surface area contributed by atoms with Crippen LogP contribution in [0.2, 0.25) is 0 Å². The molecule has 0 aliphatic rings. The first-order valence-electron chi connectivity index (χ1n) is 8.20. The van der Waals surface area contributed by atoms with Crippen molar-refractivity contribution in [2.45, 2.75) is 65.5 Å². The van der Waals surface area contributed by atoms with Gasteiger partial charge in [-0.3, -0.25) is 9.59 Å². The van der Waals surface area contributed by atoms with E-state index in [0.717, 1.165) is 29.7 Å². The summed E-state index contributed by atoms with van der Waals surface area (Å²) in [5, 5.41) is 15.2. The third-order valence-electron chi connectivity index (χ3n) is 4.00. The third kappa shape index (κ3) is 6.40. The molecule has 2 atom stereocenters. The van der Waals surface area contributed by atoms with Crippen LogP contribution in [-0.2, 0) is 9.59 Å². The highest BCUT2D eigenvalue weighted by molar-refractivity contribution is 5.92. The molecule has 0 saturated carbocycles. The van der Waals surface area contributed by atoms with Crippen molar-refractivity contribution in [2.24, 2.45) is 0 Å². The zero-order chi connectivity index (χ0) is 17.4. The predicted molar refractivity (Wildman–Crippen MR) is 92.7 cm³/mol. The van der Waals surface area contributed by atoms with Gasteiger partial charge < -0.3 is 15.7 Å². The third-order valence-corrected chi connectivity index (χ3v) is 4.00. The number of benzene rings is 1. The summed E-state index contributed by atoms with van der Waals surface area (Å²) in [6.07, 6.45) is 2.62. The van der Waals surface area contributed by atoms with Gasteiger partial charge in [-0.25, -0.2) is 0 Å². The number of carbonyl (C=O) groups excluding carboxylic acids is 1. The lowest BCUT2D eigenvalue weighted by molar-refractivity contribution is -0.140. The molecule has 1 unspecified atom stereocenters. The highest BCUT2D eigenvalue weighted by Gasteiger charge is 2.20. The first-order chi connectivity index (χ1) is 10.8. The first-order valence-corrected chi connectivity index (χ1v) is 8.20. The van der Waals surface area contributed by atoms with Gasteiger partial charge in [-0.05, 0) is 44.4 Å². The normalized spacial score (nSPS) is 13.4. The Bertz CT molecular complexity index is 543. The van der Waals surface area contributed by atoms with Gasteiger partial charge in [0.1, 0.15) is 6.04 Å². The molecule has 128 valence electrons. The van der Waals surface area contributed by atoms with E-state index in [-0.39, 0.29) is 18.4 Å². The van der Waals surface area contributed by atoms with Crippen molar-refractivity contribution in [1.29, 1.82) is 0 Å². The highest BCUT2D eigenvalue weighted by atomic mass is 16.4. The summed E-state index contributed by atoms with van der Waals surface area (Å²) in [5.41, 5.74) is 2.98. The Balaban J connectivity index is 2.55. The molecule has 3 N–H and O–H groups in total. The number of carboxylic acids is 1. The standard InChI is InChI=1S/C18H28N2O3/c1-5-6-9-16(18(22)23)19-13(3)11-17(21)20-15-10-7-8-12(2)14(15)4/h7-8,10,13,16,19H,5-6,9,11H2,1-4H3,(H,20,21)(H,22,23)/t13?,16-/m0/s1. The molecule has 0 heterocycles. The summed E-state index contributed by atoms with van der Waals surface area (Å²) >= 11 is 0. The molecule has 5 nitrogen and oxygen atoms in total. The molecule has 0 aromatic heterocycles. The number of rotatable bonds is 9. The van der Waals surface area contributed by atoms with Gasteiger partial charge in [-0.15, -0.1) is 0 Å². The lowest BCUT2D eigenvalue weighted by atomic mass is 10.1. The number of hydrogen-bond donors (Lipinski definition) is 3. The SMILES string of the molecule is CCCC[C@H](NC(C)CC(=O)Nc1cccc(C)c1C)C(=O)O. The molecule has 0 bridgehead atoms. The van der Waals surface area contributed by atoms with Gasteiger partial charge in [0.05, 0.1) is 0 Å². The van der Waals surface area contributed by atoms with Crippen LogP contribution in [-0.4, -0.2) is 29.1 Å². The van der Waals surface area contributed by atoms with Crippen LogP contribution in [0.3, 0.4) is 0 Å². The minimum Gasteiger partial charge on any atom is -0.480 e. The quantitative estimate of drug-likeness (QED) is 0.652. The largest absolute Gasteiger partial charge is 0.480 e. The average molecular weight is 320 g/mol. The molecule has 0 radical (unpaired) electrons. The minimum absolute atomic E-state index is 0.113. The number of amides is 1. The summed E-state index contributed by atoms with van der Waals surface area (Å²) in [5.74, 6) is -0.974. The topological polar surface area (TPSA) is 78.4 Å². The van der Waals surface area contributed by atoms with Gasteiger partial charge in [0.25, 0.3) is 0 Å². The molecular formula is C18H28N2O3. The number of aliphatic carboxylic acids is 1.